The van der Waals surface area contributed by atoms with Gasteiger partial charge in [0.15, 0.2) is 0 Å². The van der Waals surface area contributed by atoms with Gasteiger partial charge in [-0.3, -0.25) is 0 Å². The van der Waals surface area contributed by atoms with Crippen LogP contribution in [0.2, 0.25) is 0 Å². The molecule has 3 atom stereocenters. The fraction of sp³-hybridized carbons (Fsp3) is 0.571. The molecule has 0 amide bonds. The Morgan fingerprint density at radius 1 is 1.07 bits per heavy atom. The van der Waals surface area contributed by atoms with Crippen molar-refractivity contribution >= 4 is 0 Å². The van der Waals surface area contributed by atoms with E-state index in [1.165, 1.54) is 25.7 Å². The summed E-state index contributed by atoms with van der Waals surface area (Å²) in [7, 11) is 0. The van der Waals surface area contributed by atoms with Gasteiger partial charge >= 0.3 is 0 Å². The van der Waals surface area contributed by atoms with Gasteiger partial charge in [-0.05, 0) is 43.4 Å². The fourth-order valence-corrected chi connectivity index (χ4v) is 2.58. The summed E-state index contributed by atoms with van der Waals surface area (Å²) in [5, 5.41) is 0. The van der Waals surface area contributed by atoms with Gasteiger partial charge in [-0.2, -0.15) is 0 Å². The van der Waals surface area contributed by atoms with Gasteiger partial charge in [0.25, 0.3) is 0 Å². The van der Waals surface area contributed by atoms with Crippen LogP contribution in [0.4, 0.5) is 0 Å². The summed E-state index contributed by atoms with van der Waals surface area (Å²) in [5.74, 6) is 2.41. The monoisotopic (exact) mass is 188 g/mol. The summed E-state index contributed by atoms with van der Waals surface area (Å²) in [6.45, 7) is 2.41. The second-order valence-corrected chi connectivity index (χ2v) is 4.59. The van der Waals surface area contributed by atoms with E-state index in [0.717, 1.165) is 17.8 Å². The second-order valence-electron chi connectivity index (χ2n) is 4.59. The van der Waals surface area contributed by atoms with Crippen LogP contribution in [-0.4, -0.2) is 0 Å². The van der Waals surface area contributed by atoms with Crippen LogP contribution in [0.5, 0.6) is 0 Å². The molecule has 0 N–H and O–H groups in total. The number of allylic oxidation sites excluding steroid dienone is 6. The molecule has 0 bridgehead atoms. The molecule has 0 aliphatic heterocycles. The second kappa shape index (κ2) is 4.63. The number of hydrogen-bond donors (Lipinski definition) is 0. The van der Waals surface area contributed by atoms with Crippen LogP contribution in [0.1, 0.15) is 32.6 Å². The minimum absolute atomic E-state index is 0.771. The molecule has 0 radical (unpaired) electrons. The predicted octanol–water partition coefficient (Wildman–Crippen LogP) is 4.11. The van der Waals surface area contributed by atoms with Crippen LogP contribution in [0.25, 0.3) is 0 Å². The summed E-state index contributed by atoms with van der Waals surface area (Å²) < 4.78 is 0. The van der Waals surface area contributed by atoms with Gasteiger partial charge in [0.2, 0.25) is 0 Å². The SMILES string of the molecule is CC(C1C=CC=CC1)C1C=CCCC1. The molecule has 0 nitrogen and oxygen atoms in total. The quantitative estimate of drug-likeness (QED) is 0.572. The third kappa shape index (κ3) is 2.17. The largest absolute Gasteiger partial charge is 0.0882 e. The smallest absolute Gasteiger partial charge is 0.0164 e. The van der Waals surface area contributed by atoms with E-state index in [1.807, 2.05) is 0 Å². The molecule has 0 heteroatoms. The van der Waals surface area contributed by atoms with E-state index in [1.54, 1.807) is 0 Å². The van der Waals surface area contributed by atoms with Crippen molar-refractivity contribution in [2.24, 2.45) is 17.8 Å². The zero-order valence-corrected chi connectivity index (χ0v) is 9.02. The molecular formula is C14H20. The first-order chi connectivity index (χ1) is 6.88. The summed E-state index contributed by atoms with van der Waals surface area (Å²) in [4.78, 5) is 0. The van der Waals surface area contributed by atoms with E-state index >= 15 is 0 Å². The Morgan fingerprint density at radius 2 is 2.00 bits per heavy atom. The zero-order chi connectivity index (χ0) is 9.80. The summed E-state index contributed by atoms with van der Waals surface area (Å²) in [6.07, 6.45) is 19.2. The molecular weight excluding hydrogens is 168 g/mol. The molecule has 0 aromatic rings. The lowest BCUT2D eigenvalue weighted by Crippen LogP contribution is -2.20. The average Bonchev–Trinajstić information content (AvgIpc) is 2.30. The number of rotatable bonds is 2. The van der Waals surface area contributed by atoms with Crippen molar-refractivity contribution in [2.45, 2.75) is 32.6 Å². The normalized spacial score (nSPS) is 33.2. The molecule has 14 heavy (non-hydrogen) atoms. The summed E-state index contributed by atoms with van der Waals surface area (Å²) >= 11 is 0. The molecule has 2 aliphatic rings. The van der Waals surface area contributed by atoms with Crippen molar-refractivity contribution in [3.05, 3.63) is 36.5 Å². The van der Waals surface area contributed by atoms with Crippen molar-refractivity contribution in [1.82, 2.24) is 0 Å². The topological polar surface area (TPSA) is 0 Å². The first kappa shape index (κ1) is 9.76. The van der Waals surface area contributed by atoms with Crippen LogP contribution in [0.15, 0.2) is 36.5 Å². The van der Waals surface area contributed by atoms with Crippen LogP contribution >= 0.6 is 0 Å². The molecule has 0 aromatic heterocycles. The molecule has 0 aromatic carbocycles. The highest BCUT2D eigenvalue weighted by molar-refractivity contribution is 5.12. The van der Waals surface area contributed by atoms with E-state index in [0.29, 0.717) is 0 Å². The minimum atomic E-state index is 0.771. The third-order valence-corrected chi connectivity index (χ3v) is 3.66. The maximum Gasteiger partial charge on any atom is -0.0164 e. The van der Waals surface area contributed by atoms with E-state index in [2.05, 4.69) is 43.4 Å². The molecule has 0 saturated carbocycles. The lowest BCUT2D eigenvalue weighted by Gasteiger charge is -2.29. The van der Waals surface area contributed by atoms with E-state index in [9.17, 15) is 0 Å². The van der Waals surface area contributed by atoms with Crippen LogP contribution in [-0.2, 0) is 0 Å². The fourth-order valence-electron chi connectivity index (χ4n) is 2.58. The van der Waals surface area contributed by atoms with Gasteiger partial charge in [-0.15, -0.1) is 0 Å². The maximum absolute atomic E-state index is 2.44. The van der Waals surface area contributed by atoms with E-state index < -0.39 is 0 Å². The van der Waals surface area contributed by atoms with Gasteiger partial charge in [0, 0.05) is 0 Å². The van der Waals surface area contributed by atoms with Crippen molar-refractivity contribution < 1.29 is 0 Å². The predicted molar refractivity (Wildman–Crippen MR) is 62.0 cm³/mol. The van der Waals surface area contributed by atoms with Gasteiger partial charge in [-0.1, -0.05) is 43.4 Å². The maximum atomic E-state index is 2.44. The Morgan fingerprint density at radius 3 is 2.64 bits per heavy atom. The van der Waals surface area contributed by atoms with Gasteiger partial charge < -0.3 is 0 Å². The minimum Gasteiger partial charge on any atom is -0.0882 e. The Balaban J connectivity index is 1.96. The molecule has 3 unspecified atom stereocenters. The standard InChI is InChI=1S/C14H20/c1-12(13-8-4-2-5-9-13)14-10-6-3-7-11-14/h2,4-6,8,10,12-14H,3,7,9,11H2,1H3. The zero-order valence-electron chi connectivity index (χ0n) is 9.02. The number of hydrogen-bond acceptors (Lipinski definition) is 0. The molecule has 0 spiro atoms. The van der Waals surface area contributed by atoms with Gasteiger partial charge in [-0.25, -0.2) is 0 Å². The summed E-state index contributed by atoms with van der Waals surface area (Å²) in [5.41, 5.74) is 0. The van der Waals surface area contributed by atoms with Gasteiger partial charge in [0.05, 0.1) is 0 Å². The Kier molecular flexibility index (Phi) is 3.23. The van der Waals surface area contributed by atoms with Crippen LogP contribution < -0.4 is 0 Å². The molecule has 0 heterocycles. The summed E-state index contributed by atoms with van der Waals surface area (Å²) in [6, 6.07) is 0. The lowest BCUT2D eigenvalue weighted by molar-refractivity contribution is 0.307. The average molecular weight is 188 g/mol. The highest BCUT2D eigenvalue weighted by Crippen LogP contribution is 2.33. The van der Waals surface area contributed by atoms with Gasteiger partial charge in [0.1, 0.15) is 0 Å². The van der Waals surface area contributed by atoms with E-state index in [-0.39, 0.29) is 0 Å². The molecule has 76 valence electrons. The molecule has 0 saturated heterocycles. The van der Waals surface area contributed by atoms with Crippen LogP contribution in [0.3, 0.4) is 0 Å². The Hall–Kier alpha value is -0.780. The highest BCUT2D eigenvalue weighted by atomic mass is 14.3. The van der Waals surface area contributed by atoms with Crippen molar-refractivity contribution in [3.63, 3.8) is 0 Å². The van der Waals surface area contributed by atoms with Crippen molar-refractivity contribution in [2.75, 3.05) is 0 Å². The van der Waals surface area contributed by atoms with Crippen LogP contribution in [0, 0.1) is 17.8 Å². The van der Waals surface area contributed by atoms with Crippen molar-refractivity contribution in [3.8, 4) is 0 Å². The first-order valence-corrected chi connectivity index (χ1v) is 5.88. The first-order valence-electron chi connectivity index (χ1n) is 5.88. The lowest BCUT2D eigenvalue weighted by atomic mass is 9.76. The molecule has 2 rings (SSSR count). The molecule has 0 fully saturated rings. The van der Waals surface area contributed by atoms with E-state index in [4.69, 9.17) is 0 Å². The van der Waals surface area contributed by atoms with Crippen molar-refractivity contribution in [1.29, 1.82) is 0 Å². The molecule has 2 aliphatic carbocycles. The highest BCUT2D eigenvalue weighted by Gasteiger charge is 2.22. The Bertz CT molecular complexity index is 255. The third-order valence-electron chi connectivity index (χ3n) is 3.66. The Labute approximate surface area is 87.4 Å².